The number of aliphatic hydroxyl groups is 4. The number of benzene rings is 2. The largest absolute Gasteiger partial charge is 0.437 e. The van der Waals surface area contributed by atoms with E-state index in [1.807, 2.05) is 30.3 Å². The molecule has 0 unspecified atom stereocenters. The van der Waals surface area contributed by atoms with E-state index in [2.05, 4.69) is 60.4 Å². The average molecular weight is 624 g/mol. The molecule has 2 aromatic carbocycles. The third kappa shape index (κ3) is 19.6. The summed E-state index contributed by atoms with van der Waals surface area (Å²) in [6.07, 6.45) is 11.1. The van der Waals surface area contributed by atoms with Crippen LogP contribution in [0, 0.1) is 11.8 Å². The lowest BCUT2D eigenvalue weighted by Crippen LogP contribution is -2.48. The molecule has 10 heteroatoms. The van der Waals surface area contributed by atoms with E-state index in [1.165, 1.54) is 56.5 Å². The van der Waals surface area contributed by atoms with Crippen molar-refractivity contribution in [2.45, 2.75) is 111 Å². The Hall–Kier alpha value is -2.45. The van der Waals surface area contributed by atoms with Crippen molar-refractivity contribution in [1.82, 2.24) is 10.5 Å². The number of nitrogens with one attached hydrogen (secondary N) is 2. The van der Waals surface area contributed by atoms with Crippen molar-refractivity contribution in [3.05, 3.63) is 76.9 Å². The van der Waals surface area contributed by atoms with Crippen LogP contribution in [0.15, 0.2) is 54.6 Å². The van der Waals surface area contributed by atoms with Crippen LogP contribution in [0.2, 0.25) is 13.6 Å². The van der Waals surface area contributed by atoms with Crippen molar-refractivity contribution < 1.29 is 30.5 Å². The van der Waals surface area contributed by atoms with Crippen LogP contribution in [-0.4, -0.2) is 82.1 Å². The molecule has 0 aliphatic rings. The first-order valence-corrected chi connectivity index (χ1v) is 16.0. The molecule has 2 aromatic rings. The standard InChI is InChI=1S/C17H28BNO3.C17H26BNO3.CH4/c2*1-3-4-5-6-14-7-9-15(10-8-14)11-12-17(21)16(13-20)19-18(2)22;/h7-12,16-17,19-22H,3-6,13H2,1-2H3;7-10,16-17,19-22H,3-6,13H2,1-2H3;1H4/b12-11+;;/t2*16-,17+;/m11./s1. The molecule has 250 valence electrons. The van der Waals surface area contributed by atoms with Gasteiger partial charge in [-0.05, 0) is 68.2 Å². The lowest BCUT2D eigenvalue weighted by molar-refractivity contribution is 0.133. The zero-order valence-electron chi connectivity index (χ0n) is 27.0. The van der Waals surface area contributed by atoms with Gasteiger partial charge in [0.25, 0.3) is 0 Å². The first-order valence-electron chi connectivity index (χ1n) is 16.0. The van der Waals surface area contributed by atoms with E-state index < -0.39 is 38.4 Å². The van der Waals surface area contributed by atoms with E-state index in [4.69, 9.17) is 0 Å². The van der Waals surface area contributed by atoms with Crippen molar-refractivity contribution in [3.63, 3.8) is 0 Å². The van der Waals surface area contributed by atoms with E-state index in [9.17, 15) is 30.5 Å². The Balaban J connectivity index is 0.000000842. The van der Waals surface area contributed by atoms with Crippen molar-refractivity contribution >= 4 is 20.2 Å². The van der Waals surface area contributed by atoms with Crippen LogP contribution < -0.4 is 10.5 Å². The second-order valence-corrected chi connectivity index (χ2v) is 11.2. The van der Waals surface area contributed by atoms with E-state index >= 15 is 0 Å². The first kappa shape index (κ1) is 42.5. The van der Waals surface area contributed by atoms with Gasteiger partial charge in [0.05, 0.1) is 31.4 Å². The Morgan fingerprint density at radius 2 is 1.20 bits per heavy atom. The third-order valence-electron chi connectivity index (χ3n) is 7.02. The van der Waals surface area contributed by atoms with Gasteiger partial charge in [-0.25, -0.2) is 0 Å². The molecule has 0 fully saturated rings. The molecular formula is C35H58B2N2O6. The monoisotopic (exact) mass is 624 g/mol. The predicted octanol–water partition coefficient (Wildman–Crippen LogP) is 3.68. The lowest BCUT2D eigenvalue weighted by atomic mass is 9.86. The van der Waals surface area contributed by atoms with Gasteiger partial charge in [-0.3, -0.25) is 0 Å². The fourth-order valence-electron chi connectivity index (χ4n) is 4.43. The van der Waals surface area contributed by atoms with Gasteiger partial charge in [0.1, 0.15) is 6.10 Å². The number of hydrogen-bond donors (Lipinski definition) is 8. The SMILES string of the molecule is C.CCCCCc1ccc(/C=C/[C@H](O)[C@@H](CO)NB(C)O)cc1.CCCCCc1ccc(C#C[C@H](O)[C@@H](CO)NB(C)O)cc1. The van der Waals surface area contributed by atoms with Crippen molar-refractivity contribution in [2.75, 3.05) is 13.2 Å². The number of rotatable bonds is 18. The summed E-state index contributed by atoms with van der Waals surface area (Å²) < 4.78 is 0. The molecule has 2 rings (SSSR count). The maximum absolute atomic E-state index is 10.00. The molecule has 4 atom stereocenters. The van der Waals surface area contributed by atoms with Crippen molar-refractivity contribution in [3.8, 4) is 11.8 Å². The number of hydrogen-bond acceptors (Lipinski definition) is 8. The van der Waals surface area contributed by atoms with Gasteiger partial charge in [-0.1, -0.05) is 107 Å². The van der Waals surface area contributed by atoms with Crippen LogP contribution in [0.25, 0.3) is 6.08 Å². The quantitative estimate of drug-likeness (QED) is 0.0713. The highest BCUT2D eigenvalue weighted by Crippen LogP contribution is 2.11. The van der Waals surface area contributed by atoms with Gasteiger partial charge < -0.3 is 40.9 Å². The van der Waals surface area contributed by atoms with E-state index in [-0.39, 0.29) is 20.6 Å². The van der Waals surface area contributed by atoms with Crippen LogP contribution in [0.4, 0.5) is 0 Å². The summed E-state index contributed by atoms with van der Waals surface area (Å²) in [5.41, 5.74) is 4.46. The van der Waals surface area contributed by atoms with Crippen LogP contribution >= 0.6 is 0 Å². The van der Waals surface area contributed by atoms with E-state index in [0.717, 1.165) is 24.0 Å². The average Bonchev–Trinajstić information content (AvgIpc) is 3.01. The molecule has 0 radical (unpaired) electrons. The highest BCUT2D eigenvalue weighted by atomic mass is 16.3. The summed E-state index contributed by atoms with van der Waals surface area (Å²) in [7, 11) is -1.58. The second kappa shape index (κ2) is 25.7. The predicted molar refractivity (Wildman–Crippen MR) is 190 cm³/mol. The highest BCUT2D eigenvalue weighted by Gasteiger charge is 2.19. The molecular weight excluding hydrogens is 566 g/mol. The van der Waals surface area contributed by atoms with E-state index in [1.54, 1.807) is 12.9 Å². The van der Waals surface area contributed by atoms with Gasteiger partial charge in [-0.15, -0.1) is 0 Å². The van der Waals surface area contributed by atoms with Crippen LogP contribution in [-0.2, 0) is 12.8 Å². The zero-order chi connectivity index (χ0) is 32.7. The van der Waals surface area contributed by atoms with Crippen LogP contribution in [0.3, 0.4) is 0 Å². The molecule has 8 nitrogen and oxygen atoms in total. The summed E-state index contributed by atoms with van der Waals surface area (Å²) in [6, 6.07) is 15.0. The zero-order valence-corrected chi connectivity index (χ0v) is 27.0. The van der Waals surface area contributed by atoms with Crippen LogP contribution in [0.1, 0.15) is 82.1 Å². The van der Waals surface area contributed by atoms with Crippen molar-refractivity contribution in [2.24, 2.45) is 0 Å². The maximum Gasteiger partial charge on any atom is 0.374 e. The molecule has 0 spiro atoms. The Bertz CT molecular complexity index is 1090. The summed E-state index contributed by atoms with van der Waals surface area (Å²) in [5, 5.41) is 62.1. The number of aryl methyl sites for hydroxylation is 2. The summed E-state index contributed by atoms with van der Waals surface area (Å²) >= 11 is 0. The topological polar surface area (TPSA) is 145 Å². The normalized spacial score (nSPS) is 13.4. The fraction of sp³-hybridized carbons (Fsp3) is 0.543. The Kier molecular flexibility index (Phi) is 24.3. The first-order chi connectivity index (χ1) is 21.1. The van der Waals surface area contributed by atoms with Gasteiger partial charge in [0.2, 0.25) is 0 Å². The lowest BCUT2D eigenvalue weighted by Gasteiger charge is -2.20. The maximum atomic E-state index is 10.00. The third-order valence-corrected chi connectivity index (χ3v) is 7.02. The summed E-state index contributed by atoms with van der Waals surface area (Å²) in [6.45, 7) is 6.93. The molecule has 8 N–H and O–H groups in total. The molecule has 0 aliphatic heterocycles. The molecule has 0 aliphatic carbocycles. The van der Waals surface area contributed by atoms with Gasteiger partial charge in [0.15, 0.2) is 0 Å². The highest BCUT2D eigenvalue weighted by molar-refractivity contribution is 6.45. The fourth-order valence-corrected chi connectivity index (χ4v) is 4.43. The molecule has 0 aromatic heterocycles. The number of aliphatic hydroxyl groups excluding tert-OH is 4. The number of unbranched alkanes of at least 4 members (excludes halogenated alkanes) is 4. The Labute approximate surface area is 273 Å². The minimum atomic E-state index is -1.04. The molecule has 0 saturated heterocycles. The Morgan fingerprint density at radius 3 is 1.64 bits per heavy atom. The van der Waals surface area contributed by atoms with Gasteiger partial charge >= 0.3 is 14.1 Å². The second-order valence-electron chi connectivity index (χ2n) is 11.2. The van der Waals surface area contributed by atoms with Crippen molar-refractivity contribution in [1.29, 1.82) is 0 Å². The van der Waals surface area contributed by atoms with Gasteiger partial charge in [0, 0.05) is 5.56 Å². The van der Waals surface area contributed by atoms with Crippen LogP contribution in [0.5, 0.6) is 0 Å². The van der Waals surface area contributed by atoms with E-state index in [0.29, 0.717) is 0 Å². The molecule has 0 bridgehead atoms. The minimum Gasteiger partial charge on any atom is -0.437 e. The van der Waals surface area contributed by atoms with Gasteiger partial charge in [-0.2, -0.15) is 0 Å². The summed E-state index contributed by atoms with van der Waals surface area (Å²) in [4.78, 5) is 0. The minimum absolute atomic E-state index is 0. The molecule has 45 heavy (non-hydrogen) atoms. The molecule has 0 heterocycles. The molecule has 0 saturated carbocycles. The molecule has 0 amide bonds. The Morgan fingerprint density at radius 1 is 0.733 bits per heavy atom. The smallest absolute Gasteiger partial charge is 0.374 e. The summed E-state index contributed by atoms with van der Waals surface area (Å²) in [5.74, 6) is 5.59.